The summed E-state index contributed by atoms with van der Waals surface area (Å²) >= 11 is 1.15. The van der Waals surface area contributed by atoms with E-state index < -0.39 is 5.82 Å². The number of aryl methyl sites for hydroxylation is 1. The van der Waals surface area contributed by atoms with Crippen LogP contribution in [0.3, 0.4) is 0 Å². The molecule has 0 aliphatic carbocycles. The van der Waals surface area contributed by atoms with Crippen molar-refractivity contribution in [1.29, 1.82) is 0 Å². The number of carbonyl (C=O) groups is 1. The number of nitrogens with zero attached hydrogens (tertiary/aromatic N) is 3. The molecule has 0 atom stereocenters. The molecule has 0 unspecified atom stereocenters. The van der Waals surface area contributed by atoms with Crippen molar-refractivity contribution in [1.82, 2.24) is 14.9 Å². The van der Waals surface area contributed by atoms with Crippen LogP contribution in [-0.2, 0) is 11.4 Å². The summed E-state index contributed by atoms with van der Waals surface area (Å²) in [6.07, 6.45) is 0. The highest BCUT2D eigenvalue weighted by atomic mass is 32.2. The predicted octanol–water partition coefficient (Wildman–Crippen LogP) is 2.75. The maximum absolute atomic E-state index is 13.6. The number of benzene rings is 2. The molecule has 0 radical (unpaired) electrons. The standard InChI is InChI=1S/C18H18FN5O2S/c1-12-6-2-4-8-14(12)21-17(25)11-27-18-23-22-16(24(18)20)10-26-15-9-5-3-7-13(15)19/h2-9H,10-11,20H2,1H3,(H,21,25). The minimum absolute atomic E-state index is 0.0413. The quantitative estimate of drug-likeness (QED) is 0.478. The van der Waals surface area contributed by atoms with Crippen LogP contribution in [0.4, 0.5) is 10.1 Å². The number of amides is 1. The van der Waals surface area contributed by atoms with Gasteiger partial charge < -0.3 is 15.9 Å². The lowest BCUT2D eigenvalue weighted by atomic mass is 10.2. The van der Waals surface area contributed by atoms with Crippen molar-refractivity contribution in [2.75, 3.05) is 16.9 Å². The third-order valence-electron chi connectivity index (χ3n) is 3.68. The number of carbonyl (C=O) groups excluding carboxylic acids is 1. The summed E-state index contributed by atoms with van der Waals surface area (Å²) in [5.74, 6) is 5.83. The fourth-order valence-corrected chi connectivity index (χ4v) is 2.91. The van der Waals surface area contributed by atoms with Gasteiger partial charge in [0.2, 0.25) is 11.1 Å². The number of thioether (sulfide) groups is 1. The summed E-state index contributed by atoms with van der Waals surface area (Å²) in [5.41, 5.74) is 1.74. The van der Waals surface area contributed by atoms with Crippen LogP contribution in [0.1, 0.15) is 11.4 Å². The Labute approximate surface area is 159 Å². The zero-order chi connectivity index (χ0) is 19.2. The van der Waals surface area contributed by atoms with Gasteiger partial charge in [-0.15, -0.1) is 10.2 Å². The van der Waals surface area contributed by atoms with Gasteiger partial charge in [-0.2, -0.15) is 0 Å². The SMILES string of the molecule is Cc1ccccc1NC(=O)CSc1nnc(COc2ccccc2F)n1N. The van der Waals surface area contributed by atoms with E-state index in [1.807, 2.05) is 31.2 Å². The Hall–Kier alpha value is -3.07. The zero-order valence-corrected chi connectivity index (χ0v) is 15.4. The fraction of sp³-hybridized carbons (Fsp3) is 0.167. The highest BCUT2D eigenvalue weighted by molar-refractivity contribution is 7.99. The predicted molar refractivity (Wildman–Crippen MR) is 101 cm³/mol. The summed E-state index contributed by atoms with van der Waals surface area (Å²) in [6, 6.07) is 13.6. The lowest BCUT2D eigenvalue weighted by Gasteiger charge is -2.08. The molecule has 7 nitrogen and oxygen atoms in total. The maximum atomic E-state index is 13.6. The number of nitrogens with one attached hydrogen (secondary N) is 1. The molecule has 2 aromatic carbocycles. The third-order valence-corrected chi connectivity index (χ3v) is 4.62. The minimum atomic E-state index is -0.469. The topological polar surface area (TPSA) is 95.1 Å². The van der Waals surface area contributed by atoms with Crippen LogP contribution in [0.25, 0.3) is 0 Å². The second-order valence-electron chi connectivity index (χ2n) is 5.64. The molecule has 0 aliphatic rings. The molecular weight excluding hydrogens is 369 g/mol. The normalized spacial score (nSPS) is 10.6. The summed E-state index contributed by atoms with van der Waals surface area (Å²) in [4.78, 5) is 12.1. The minimum Gasteiger partial charge on any atom is -0.482 e. The average Bonchev–Trinajstić information content (AvgIpc) is 3.01. The van der Waals surface area contributed by atoms with Crippen molar-refractivity contribution in [2.24, 2.45) is 0 Å². The molecular formula is C18H18FN5O2S. The van der Waals surface area contributed by atoms with Gasteiger partial charge in [0.25, 0.3) is 0 Å². The number of anilines is 1. The number of rotatable bonds is 7. The van der Waals surface area contributed by atoms with Crippen LogP contribution in [0, 0.1) is 12.7 Å². The van der Waals surface area contributed by atoms with Gasteiger partial charge >= 0.3 is 0 Å². The molecule has 0 bridgehead atoms. The third kappa shape index (κ3) is 4.76. The zero-order valence-electron chi connectivity index (χ0n) is 14.6. The first-order chi connectivity index (χ1) is 13.0. The molecule has 140 valence electrons. The summed E-state index contributed by atoms with van der Waals surface area (Å²) < 4.78 is 20.2. The van der Waals surface area contributed by atoms with Crippen molar-refractivity contribution >= 4 is 23.4 Å². The van der Waals surface area contributed by atoms with Crippen LogP contribution >= 0.6 is 11.8 Å². The van der Waals surface area contributed by atoms with Crippen LogP contribution in [-0.4, -0.2) is 26.5 Å². The van der Waals surface area contributed by atoms with Gasteiger partial charge in [-0.05, 0) is 30.7 Å². The lowest BCUT2D eigenvalue weighted by molar-refractivity contribution is -0.113. The van der Waals surface area contributed by atoms with E-state index in [1.165, 1.54) is 16.8 Å². The van der Waals surface area contributed by atoms with Gasteiger partial charge in [-0.3, -0.25) is 4.79 Å². The molecule has 0 saturated heterocycles. The highest BCUT2D eigenvalue weighted by Crippen LogP contribution is 2.19. The van der Waals surface area contributed by atoms with Gasteiger partial charge in [-0.1, -0.05) is 42.1 Å². The number of aromatic nitrogens is 3. The van der Waals surface area contributed by atoms with Crippen LogP contribution < -0.4 is 15.9 Å². The van der Waals surface area contributed by atoms with Crippen molar-refractivity contribution in [3.63, 3.8) is 0 Å². The Morgan fingerprint density at radius 2 is 1.96 bits per heavy atom. The molecule has 0 aliphatic heterocycles. The van der Waals surface area contributed by atoms with E-state index in [-0.39, 0.29) is 24.0 Å². The fourth-order valence-electron chi connectivity index (χ4n) is 2.24. The van der Waals surface area contributed by atoms with E-state index in [0.29, 0.717) is 11.0 Å². The molecule has 3 aromatic rings. The molecule has 3 rings (SSSR count). The molecule has 1 aromatic heterocycles. The number of halogens is 1. The van der Waals surface area contributed by atoms with Crippen molar-refractivity contribution in [2.45, 2.75) is 18.7 Å². The number of hydrogen-bond donors (Lipinski definition) is 2. The Bertz CT molecular complexity index is 947. The molecule has 9 heteroatoms. The maximum Gasteiger partial charge on any atom is 0.234 e. The van der Waals surface area contributed by atoms with E-state index in [9.17, 15) is 9.18 Å². The summed E-state index contributed by atoms with van der Waals surface area (Å²) in [7, 11) is 0. The number of hydrogen-bond acceptors (Lipinski definition) is 6. The van der Waals surface area contributed by atoms with Gasteiger partial charge in [-0.25, -0.2) is 9.07 Å². The van der Waals surface area contributed by atoms with E-state index in [2.05, 4.69) is 15.5 Å². The Morgan fingerprint density at radius 3 is 2.74 bits per heavy atom. The smallest absolute Gasteiger partial charge is 0.234 e. The lowest BCUT2D eigenvalue weighted by Crippen LogP contribution is -2.18. The second-order valence-corrected chi connectivity index (χ2v) is 6.58. The molecule has 0 saturated carbocycles. The second kappa shape index (κ2) is 8.54. The Kier molecular flexibility index (Phi) is 5.92. The van der Waals surface area contributed by atoms with E-state index in [1.54, 1.807) is 12.1 Å². The van der Waals surface area contributed by atoms with Crippen molar-refractivity contribution in [3.8, 4) is 5.75 Å². The van der Waals surface area contributed by atoms with Crippen molar-refractivity contribution < 1.29 is 13.9 Å². The largest absolute Gasteiger partial charge is 0.482 e. The van der Waals surface area contributed by atoms with E-state index in [0.717, 1.165) is 23.0 Å². The van der Waals surface area contributed by atoms with E-state index >= 15 is 0 Å². The van der Waals surface area contributed by atoms with E-state index in [4.69, 9.17) is 10.6 Å². The van der Waals surface area contributed by atoms with Gasteiger partial charge in [0.05, 0.1) is 5.75 Å². The van der Waals surface area contributed by atoms with Crippen molar-refractivity contribution in [3.05, 3.63) is 65.7 Å². The summed E-state index contributed by atoms with van der Waals surface area (Å²) in [6.45, 7) is 1.88. The average molecular weight is 387 g/mol. The number of para-hydroxylation sites is 2. The number of ether oxygens (including phenoxy) is 1. The first-order valence-corrected chi connectivity index (χ1v) is 9.08. The Balaban J connectivity index is 1.55. The van der Waals surface area contributed by atoms with Crippen LogP contribution in [0.15, 0.2) is 53.7 Å². The van der Waals surface area contributed by atoms with Gasteiger partial charge in [0, 0.05) is 5.69 Å². The molecule has 3 N–H and O–H groups in total. The Morgan fingerprint density at radius 1 is 1.22 bits per heavy atom. The molecule has 1 heterocycles. The van der Waals surface area contributed by atoms with Crippen LogP contribution in [0.2, 0.25) is 0 Å². The first-order valence-electron chi connectivity index (χ1n) is 8.09. The van der Waals surface area contributed by atoms with Gasteiger partial charge in [0.1, 0.15) is 6.61 Å². The first kappa shape index (κ1) is 18.7. The molecule has 0 spiro atoms. The molecule has 0 fully saturated rings. The van der Waals surface area contributed by atoms with Gasteiger partial charge in [0.15, 0.2) is 17.4 Å². The molecule has 27 heavy (non-hydrogen) atoms. The van der Waals surface area contributed by atoms with Crippen LogP contribution in [0.5, 0.6) is 5.75 Å². The highest BCUT2D eigenvalue weighted by Gasteiger charge is 2.14. The number of nitrogen functional groups attached to an aromatic ring is 1. The number of nitrogens with two attached hydrogens (primary N) is 1. The summed E-state index contributed by atoms with van der Waals surface area (Å²) in [5, 5.41) is 11.1. The monoisotopic (exact) mass is 387 g/mol. The molecule has 1 amide bonds.